The van der Waals surface area contributed by atoms with Crippen molar-refractivity contribution in [3.8, 4) is 0 Å². The number of ether oxygens (including phenoxy) is 22. The second-order valence-corrected chi connectivity index (χ2v) is 30.9. The highest BCUT2D eigenvalue weighted by Crippen LogP contribution is 2.22. The summed E-state index contributed by atoms with van der Waals surface area (Å²) < 4.78 is 119. The quantitative estimate of drug-likeness (QED) is 0.0176. The van der Waals surface area contributed by atoms with E-state index in [0.717, 1.165) is 24.3 Å². The van der Waals surface area contributed by atoms with E-state index in [4.69, 9.17) is 104 Å². The molecule has 4 atom stereocenters. The van der Waals surface area contributed by atoms with Gasteiger partial charge in [-0.2, -0.15) is 0 Å². The summed E-state index contributed by atoms with van der Waals surface area (Å²) in [5.41, 5.74) is -1.75. The zero-order chi connectivity index (χ0) is 96.8. The Kier molecular flexibility index (Phi) is 71.6. The van der Waals surface area contributed by atoms with Gasteiger partial charge in [-0.15, -0.1) is 0 Å². The molecule has 2 heterocycles. The first-order valence-electron chi connectivity index (χ1n) is 44.8. The molecule has 8 N–H and O–H groups in total. The van der Waals surface area contributed by atoms with Crippen LogP contribution in [0.5, 0.6) is 0 Å². The Morgan fingerprint density at radius 3 is 0.720 bits per heavy atom. The van der Waals surface area contributed by atoms with Crippen molar-refractivity contribution in [2.24, 2.45) is 0 Å². The lowest BCUT2D eigenvalue weighted by Crippen LogP contribution is -2.66. The number of carbonyl (C=O) groups is 14. The van der Waals surface area contributed by atoms with Crippen LogP contribution < -0.4 is 42.5 Å². The molecule has 132 heavy (non-hydrogen) atoms. The molecule has 0 radical (unpaired) electrons. The fourth-order valence-electron chi connectivity index (χ4n) is 11.3. The third-order valence-electron chi connectivity index (χ3n) is 17.6. The summed E-state index contributed by atoms with van der Waals surface area (Å²) in [4.78, 5) is 187. The predicted molar refractivity (Wildman–Crippen MR) is 468 cm³/mol. The first kappa shape index (κ1) is 120. The number of nitrogens with zero attached hydrogens (tertiary/aromatic N) is 2. The molecule has 2 aliphatic rings. The minimum atomic E-state index is -2.21. The second kappa shape index (κ2) is 78.9. The molecule has 758 valence electrons. The molecule has 0 aromatic rings. The summed E-state index contributed by atoms with van der Waals surface area (Å²) in [6.45, 7) is 22.2. The van der Waals surface area contributed by atoms with Crippen LogP contribution in [0, 0.1) is 0 Å². The van der Waals surface area contributed by atoms with E-state index in [-0.39, 0.29) is 130 Å². The summed E-state index contributed by atoms with van der Waals surface area (Å²) in [6.07, 6.45) is 3.53. The molecular formula is C86H148N10O36. The Morgan fingerprint density at radius 1 is 0.273 bits per heavy atom. The number of imide groups is 2. The predicted octanol–water partition coefficient (Wildman–Crippen LogP) is -2.58. The van der Waals surface area contributed by atoms with Crippen LogP contribution in [0.25, 0.3) is 0 Å². The van der Waals surface area contributed by atoms with Crippen LogP contribution in [0.2, 0.25) is 0 Å². The van der Waals surface area contributed by atoms with E-state index in [0.29, 0.717) is 221 Å². The van der Waals surface area contributed by atoms with Crippen LogP contribution in [0.1, 0.15) is 106 Å². The summed E-state index contributed by atoms with van der Waals surface area (Å²) in [5.74, 6) is -12.0. The lowest BCUT2D eigenvalue weighted by atomic mass is 10.0. The van der Waals surface area contributed by atoms with Gasteiger partial charge in [0.1, 0.15) is 61.7 Å². The fourth-order valence-corrected chi connectivity index (χ4v) is 11.3. The molecule has 0 spiro atoms. The van der Waals surface area contributed by atoms with E-state index in [2.05, 4.69) is 42.5 Å². The molecule has 0 fully saturated rings. The van der Waals surface area contributed by atoms with E-state index in [9.17, 15) is 67.1 Å². The van der Waals surface area contributed by atoms with Crippen molar-refractivity contribution >= 4 is 82.8 Å². The minimum Gasteiger partial charge on any atom is -0.459 e. The first-order chi connectivity index (χ1) is 63.7. The monoisotopic (exact) mass is 1900 g/mol. The number of carbonyl (C=O) groups excluding carboxylic acids is 14. The van der Waals surface area contributed by atoms with Crippen LogP contribution in [0.3, 0.4) is 0 Å². The van der Waals surface area contributed by atoms with E-state index in [1.54, 1.807) is 55.8 Å². The number of hydrogen-bond acceptors (Lipinski definition) is 36. The summed E-state index contributed by atoms with van der Waals surface area (Å²) >= 11 is 0. The van der Waals surface area contributed by atoms with Gasteiger partial charge in [0.25, 0.3) is 23.6 Å². The Bertz CT molecular complexity index is 3030. The van der Waals surface area contributed by atoms with Gasteiger partial charge < -0.3 is 147 Å². The number of rotatable bonds is 89. The van der Waals surface area contributed by atoms with Gasteiger partial charge in [-0.1, -0.05) is 0 Å². The van der Waals surface area contributed by atoms with Gasteiger partial charge in [-0.25, -0.2) is 0 Å². The average Bonchev–Trinajstić information content (AvgIpc) is 1.61. The fraction of sp³-hybridized carbons (Fsp3) is 0.791. The number of nitrogens with one attached hydrogen (secondary N) is 8. The molecule has 0 unspecified atom stereocenters. The Labute approximate surface area is 773 Å². The highest BCUT2D eigenvalue weighted by atomic mass is 16.6. The van der Waals surface area contributed by atoms with E-state index >= 15 is 0 Å². The van der Waals surface area contributed by atoms with Gasteiger partial charge in [-0.3, -0.25) is 76.9 Å². The second-order valence-electron chi connectivity index (χ2n) is 30.9. The normalized spacial score (nSPS) is 13.6. The molecule has 0 aliphatic carbocycles. The van der Waals surface area contributed by atoms with Crippen LogP contribution in [0.15, 0.2) is 24.3 Å². The molecule has 2 aliphatic heterocycles. The summed E-state index contributed by atoms with van der Waals surface area (Å²) in [5, 5.41) is 20.6. The number of amides is 12. The summed E-state index contributed by atoms with van der Waals surface area (Å²) in [7, 11) is 3.24. The third-order valence-corrected chi connectivity index (χ3v) is 17.6. The number of methoxy groups -OCH3 is 2. The average molecular weight is 1900 g/mol. The van der Waals surface area contributed by atoms with Gasteiger partial charge in [0.05, 0.1) is 238 Å². The Balaban J connectivity index is 1.83. The number of unbranched alkanes of at least 4 members (excludes halogenated alkanes) is 2. The Morgan fingerprint density at radius 2 is 0.492 bits per heavy atom. The highest BCUT2D eigenvalue weighted by molar-refractivity contribution is 6.19. The van der Waals surface area contributed by atoms with Crippen molar-refractivity contribution in [3.63, 3.8) is 0 Å². The molecule has 0 saturated carbocycles. The van der Waals surface area contributed by atoms with Crippen molar-refractivity contribution in [2.75, 3.05) is 305 Å². The molecule has 0 bridgehead atoms. The maximum absolute atomic E-state index is 14.4. The maximum atomic E-state index is 14.4. The van der Waals surface area contributed by atoms with Crippen molar-refractivity contribution in [1.82, 2.24) is 52.3 Å². The highest BCUT2D eigenvalue weighted by Gasteiger charge is 2.50. The molecule has 2 rings (SSSR count). The van der Waals surface area contributed by atoms with Crippen molar-refractivity contribution < 1.29 is 171 Å². The van der Waals surface area contributed by atoms with E-state index in [1.807, 2.05) is 0 Å². The van der Waals surface area contributed by atoms with E-state index in [1.165, 1.54) is 0 Å². The molecule has 46 nitrogen and oxygen atoms in total. The van der Waals surface area contributed by atoms with Crippen molar-refractivity contribution in [3.05, 3.63) is 24.3 Å². The van der Waals surface area contributed by atoms with Gasteiger partial charge >= 0.3 is 11.9 Å². The third kappa shape index (κ3) is 66.1. The van der Waals surface area contributed by atoms with Crippen LogP contribution in [0.4, 0.5) is 0 Å². The zero-order valence-electron chi connectivity index (χ0n) is 78.4. The van der Waals surface area contributed by atoms with Crippen LogP contribution in [-0.4, -0.2) is 433 Å². The number of esters is 2. The van der Waals surface area contributed by atoms with E-state index < -0.39 is 131 Å². The molecule has 0 aromatic heterocycles. The topological polar surface area (TPSA) is 545 Å². The molecule has 0 aromatic carbocycles. The SMILES string of the molecule is COCCOCCOCCOCCOCCOCCOCCOCCOCCOCC(=O)NCCCC[C@H](NC(=O)CCCNC(=O)[C@H]([C@@H](C(=O)NCCCC(=O)N[C@@H](CCCCNC(=O)COCCOCCOCCOCCOCCOCCOCCOCCOCCOC)C(=O)NCC(=O)OC(C)(C)C)N1C(=O)C=CC1=O)N1C(=O)C=CC1=O)C(=O)NCC(=O)OC(C)(C)C. The molecular weight excluding hydrogens is 1750 g/mol. The minimum absolute atomic E-state index is 0.0349. The number of hydrogen-bond donors (Lipinski definition) is 8. The standard InChI is InChI=1S/C86H148N10O36/c1-85(2,3)131-77(105)63-91-81(107)67(15-9-11-23-87-71(99)65-129-61-59-127-57-55-125-53-51-123-49-47-121-45-43-119-41-39-117-37-35-115-33-31-113-29-27-111-7)93-69(97)17-13-25-89-83(109)79(95-73(101)19-20-74(95)102)80(96-75(103)21-22-76(96)104)84(110)90-26-14-18-70(98)94-68(82(108)92-64-78(106)132-86(4,5)6)16-10-12-24-88-72(100)66-130-62-60-128-58-56-126-54-52-124-50-48-122-46-44-120-42-40-118-38-36-116-34-32-114-30-28-112-8/h19-22,67-68,79-80H,9-18,23-66H2,1-8H3,(H,87,99)(H,88,100)(H,89,109)(H,90,110)(H,91,107)(H,92,108)(H,93,97)(H,94,98)/t67-,68-,79-,80-/m0/s1. The first-order valence-corrected chi connectivity index (χ1v) is 44.8. The lowest BCUT2D eigenvalue weighted by Gasteiger charge is -2.35. The van der Waals surface area contributed by atoms with Crippen LogP contribution >= 0.6 is 0 Å². The molecule has 46 heteroatoms. The van der Waals surface area contributed by atoms with Gasteiger partial charge in [0.2, 0.25) is 47.3 Å². The van der Waals surface area contributed by atoms with Gasteiger partial charge in [0, 0.05) is 77.5 Å². The van der Waals surface area contributed by atoms with Gasteiger partial charge in [-0.05, 0) is 92.9 Å². The van der Waals surface area contributed by atoms with Gasteiger partial charge in [0.15, 0.2) is 0 Å². The maximum Gasteiger partial charge on any atom is 0.325 e. The smallest absolute Gasteiger partial charge is 0.325 e. The summed E-state index contributed by atoms with van der Waals surface area (Å²) in [6, 6.07) is -6.83. The zero-order valence-corrected chi connectivity index (χ0v) is 78.4. The van der Waals surface area contributed by atoms with Crippen molar-refractivity contribution in [1.29, 1.82) is 0 Å². The lowest BCUT2D eigenvalue weighted by molar-refractivity contribution is -0.156. The molecule has 12 amide bonds. The largest absolute Gasteiger partial charge is 0.459 e. The Hall–Kier alpha value is -8.34. The van der Waals surface area contributed by atoms with Crippen LogP contribution in [-0.2, 0) is 171 Å². The van der Waals surface area contributed by atoms with Crippen molar-refractivity contribution in [2.45, 2.75) is 141 Å². The molecule has 0 saturated heterocycles.